The van der Waals surface area contributed by atoms with Crippen molar-refractivity contribution < 1.29 is 30.8 Å². The number of aryl methyl sites for hydroxylation is 1. The fraction of sp³-hybridized carbons (Fsp3) is 0.0952. The van der Waals surface area contributed by atoms with Gasteiger partial charge in [0.2, 0.25) is 0 Å². The standard InChI is InChI=1S/C21H16F4N2O3S/c1-13-10-17(26-20(28)14-4-2-6-16(22)11-14)8-9-19(13)31(29,30)27-18-7-3-5-15(12-18)21(23,24)25/h2-12,27H,1H3,(H,26,28). The molecule has 0 bridgehead atoms. The van der Waals surface area contributed by atoms with Crippen LogP contribution in [0.25, 0.3) is 0 Å². The summed E-state index contributed by atoms with van der Waals surface area (Å²) in [5.74, 6) is -1.16. The molecule has 2 N–H and O–H groups in total. The zero-order valence-electron chi connectivity index (χ0n) is 16.0. The summed E-state index contributed by atoms with van der Waals surface area (Å²) < 4.78 is 79.2. The molecule has 1 amide bonds. The number of nitrogens with one attached hydrogen (secondary N) is 2. The summed E-state index contributed by atoms with van der Waals surface area (Å²) in [6, 6.07) is 12.8. The number of sulfonamides is 1. The molecule has 0 saturated heterocycles. The Balaban J connectivity index is 1.81. The summed E-state index contributed by atoms with van der Waals surface area (Å²) in [6.07, 6.45) is -4.61. The molecule has 0 spiro atoms. The molecular formula is C21H16F4N2O3S. The molecular weight excluding hydrogens is 436 g/mol. The highest BCUT2D eigenvalue weighted by Gasteiger charge is 2.30. The van der Waals surface area contributed by atoms with Gasteiger partial charge in [0.15, 0.2) is 0 Å². The maximum atomic E-state index is 13.3. The van der Waals surface area contributed by atoms with Crippen molar-refractivity contribution >= 4 is 27.3 Å². The van der Waals surface area contributed by atoms with E-state index >= 15 is 0 Å². The number of carbonyl (C=O) groups excluding carboxylic acids is 1. The third kappa shape index (κ3) is 5.40. The zero-order chi connectivity index (χ0) is 22.8. The van der Waals surface area contributed by atoms with Crippen LogP contribution in [0.1, 0.15) is 21.5 Å². The molecule has 3 rings (SSSR count). The second-order valence-corrected chi connectivity index (χ2v) is 8.28. The van der Waals surface area contributed by atoms with Gasteiger partial charge in [-0.2, -0.15) is 13.2 Å². The van der Waals surface area contributed by atoms with Crippen LogP contribution in [0.15, 0.2) is 71.6 Å². The number of hydrogen-bond donors (Lipinski definition) is 2. The maximum absolute atomic E-state index is 13.3. The molecule has 31 heavy (non-hydrogen) atoms. The monoisotopic (exact) mass is 452 g/mol. The van der Waals surface area contributed by atoms with Gasteiger partial charge >= 0.3 is 6.18 Å². The van der Waals surface area contributed by atoms with Crippen molar-refractivity contribution in [2.75, 3.05) is 10.0 Å². The lowest BCUT2D eigenvalue weighted by Gasteiger charge is -2.14. The number of carbonyl (C=O) groups is 1. The van der Waals surface area contributed by atoms with Gasteiger partial charge < -0.3 is 5.32 Å². The Labute approximate surface area is 175 Å². The van der Waals surface area contributed by atoms with Crippen LogP contribution in [0.3, 0.4) is 0 Å². The van der Waals surface area contributed by atoms with Gasteiger partial charge in [0.1, 0.15) is 5.82 Å². The minimum absolute atomic E-state index is 0.0839. The minimum atomic E-state index is -4.61. The Morgan fingerprint density at radius 2 is 1.61 bits per heavy atom. The van der Waals surface area contributed by atoms with Crippen molar-refractivity contribution in [3.63, 3.8) is 0 Å². The van der Waals surface area contributed by atoms with Crippen LogP contribution in [0.2, 0.25) is 0 Å². The molecule has 0 aliphatic carbocycles. The molecule has 0 fully saturated rings. The summed E-state index contributed by atoms with van der Waals surface area (Å²) in [4.78, 5) is 12.0. The van der Waals surface area contributed by atoms with Crippen molar-refractivity contribution in [2.24, 2.45) is 0 Å². The highest BCUT2D eigenvalue weighted by molar-refractivity contribution is 7.92. The van der Waals surface area contributed by atoms with Crippen LogP contribution < -0.4 is 10.0 Å². The van der Waals surface area contributed by atoms with E-state index in [9.17, 15) is 30.8 Å². The van der Waals surface area contributed by atoms with Gasteiger partial charge in [0, 0.05) is 16.9 Å². The number of amides is 1. The van der Waals surface area contributed by atoms with Crippen LogP contribution in [0, 0.1) is 12.7 Å². The number of hydrogen-bond acceptors (Lipinski definition) is 3. The second-order valence-electron chi connectivity index (χ2n) is 6.63. The SMILES string of the molecule is Cc1cc(NC(=O)c2cccc(F)c2)ccc1S(=O)(=O)Nc1cccc(C(F)(F)F)c1. The fourth-order valence-electron chi connectivity index (χ4n) is 2.83. The molecule has 10 heteroatoms. The predicted octanol–water partition coefficient (Wildman–Crippen LogP) is 5.21. The van der Waals surface area contributed by atoms with Crippen molar-refractivity contribution in [3.05, 3.63) is 89.2 Å². The van der Waals surface area contributed by atoms with E-state index in [1.165, 1.54) is 49.4 Å². The number of alkyl halides is 3. The third-order valence-corrected chi connectivity index (χ3v) is 5.79. The summed E-state index contributed by atoms with van der Waals surface area (Å²) in [5.41, 5.74) is -0.626. The molecule has 0 unspecified atom stereocenters. The van der Waals surface area contributed by atoms with E-state index in [1.807, 2.05) is 0 Å². The lowest BCUT2D eigenvalue weighted by Crippen LogP contribution is -2.16. The quantitative estimate of drug-likeness (QED) is 0.522. The van der Waals surface area contributed by atoms with Crippen LogP contribution in [-0.2, 0) is 16.2 Å². The molecule has 0 atom stereocenters. The van der Waals surface area contributed by atoms with Crippen LogP contribution in [0.5, 0.6) is 0 Å². The Kier molecular flexibility index (Phi) is 6.03. The fourth-order valence-corrected chi connectivity index (χ4v) is 4.11. The topological polar surface area (TPSA) is 75.3 Å². The summed E-state index contributed by atoms with van der Waals surface area (Å²) in [5, 5.41) is 2.53. The molecule has 3 aromatic carbocycles. The number of rotatable bonds is 5. The van der Waals surface area contributed by atoms with Crippen molar-refractivity contribution in [1.82, 2.24) is 0 Å². The highest BCUT2D eigenvalue weighted by atomic mass is 32.2. The largest absolute Gasteiger partial charge is 0.416 e. The molecule has 0 heterocycles. The average Bonchev–Trinajstić information content (AvgIpc) is 2.67. The van der Waals surface area contributed by atoms with Gasteiger partial charge in [-0.15, -0.1) is 0 Å². The average molecular weight is 452 g/mol. The maximum Gasteiger partial charge on any atom is 0.416 e. The molecule has 0 radical (unpaired) electrons. The first kappa shape index (κ1) is 22.3. The van der Waals surface area contributed by atoms with Gasteiger partial charge in [-0.25, -0.2) is 12.8 Å². The molecule has 162 valence electrons. The van der Waals surface area contributed by atoms with Crippen LogP contribution in [0.4, 0.5) is 28.9 Å². The van der Waals surface area contributed by atoms with Gasteiger partial charge in [0.25, 0.3) is 15.9 Å². The van der Waals surface area contributed by atoms with Gasteiger partial charge in [-0.05, 0) is 67.1 Å². The van der Waals surface area contributed by atoms with E-state index in [0.29, 0.717) is 6.07 Å². The first-order chi connectivity index (χ1) is 14.5. The van der Waals surface area contributed by atoms with E-state index in [4.69, 9.17) is 0 Å². The normalized spacial score (nSPS) is 11.8. The van der Waals surface area contributed by atoms with Gasteiger partial charge in [0.05, 0.1) is 10.5 Å². The first-order valence-corrected chi connectivity index (χ1v) is 10.3. The van der Waals surface area contributed by atoms with Crippen molar-refractivity contribution in [3.8, 4) is 0 Å². The van der Waals surface area contributed by atoms with Crippen LogP contribution in [-0.4, -0.2) is 14.3 Å². The lowest BCUT2D eigenvalue weighted by atomic mass is 10.2. The van der Waals surface area contributed by atoms with E-state index in [0.717, 1.165) is 18.2 Å². The molecule has 0 aliphatic heterocycles. The molecule has 3 aromatic rings. The second kappa shape index (κ2) is 8.38. The van der Waals surface area contributed by atoms with Crippen molar-refractivity contribution in [2.45, 2.75) is 18.0 Å². The van der Waals surface area contributed by atoms with E-state index in [2.05, 4.69) is 10.0 Å². The molecule has 0 aromatic heterocycles. The Hall–Kier alpha value is -3.40. The molecule has 0 saturated carbocycles. The predicted molar refractivity (Wildman–Crippen MR) is 108 cm³/mol. The highest BCUT2D eigenvalue weighted by Crippen LogP contribution is 2.31. The summed E-state index contributed by atoms with van der Waals surface area (Å²) >= 11 is 0. The van der Waals surface area contributed by atoms with Gasteiger partial charge in [-0.3, -0.25) is 9.52 Å². The third-order valence-electron chi connectivity index (χ3n) is 4.25. The Morgan fingerprint density at radius 1 is 0.903 bits per heavy atom. The number of anilines is 2. The minimum Gasteiger partial charge on any atom is -0.322 e. The number of halogens is 4. The zero-order valence-corrected chi connectivity index (χ0v) is 16.8. The Bertz CT molecular complexity index is 1240. The summed E-state index contributed by atoms with van der Waals surface area (Å²) in [6.45, 7) is 1.47. The Morgan fingerprint density at radius 3 is 2.26 bits per heavy atom. The summed E-state index contributed by atoms with van der Waals surface area (Å²) in [7, 11) is -4.19. The smallest absolute Gasteiger partial charge is 0.322 e. The van der Waals surface area contributed by atoms with Gasteiger partial charge in [-0.1, -0.05) is 12.1 Å². The van der Waals surface area contributed by atoms with E-state index in [1.54, 1.807) is 0 Å². The molecule has 5 nitrogen and oxygen atoms in total. The lowest BCUT2D eigenvalue weighted by molar-refractivity contribution is -0.137. The van der Waals surface area contributed by atoms with E-state index in [-0.39, 0.29) is 27.4 Å². The first-order valence-electron chi connectivity index (χ1n) is 8.83. The van der Waals surface area contributed by atoms with E-state index < -0.39 is 33.5 Å². The molecule has 0 aliphatic rings. The van der Waals surface area contributed by atoms with Crippen molar-refractivity contribution in [1.29, 1.82) is 0 Å². The number of benzene rings is 3. The van der Waals surface area contributed by atoms with Crippen LogP contribution >= 0.6 is 0 Å².